The Morgan fingerprint density at radius 3 is 2.68 bits per heavy atom. The van der Waals surface area contributed by atoms with Crippen molar-refractivity contribution in [3.63, 3.8) is 0 Å². The largest absolute Gasteiger partial charge is 0.352 e. The Morgan fingerprint density at radius 1 is 1.04 bits per heavy atom. The van der Waals surface area contributed by atoms with Crippen LogP contribution in [-0.4, -0.2) is 42.6 Å². The van der Waals surface area contributed by atoms with Crippen molar-refractivity contribution in [2.75, 3.05) is 26.2 Å². The molecule has 0 aliphatic carbocycles. The number of piperidine rings is 1. The van der Waals surface area contributed by atoms with Crippen LogP contribution in [0.25, 0.3) is 0 Å². The highest BCUT2D eigenvalue weighted by Crippen LogP contribution is 2.37. The van der Waals surface area contributed by atoms with E-state index in [1.807, 2.05) is 16.7 Å². The molecule has 1 fully saturated rings. The Balaban J connectivity index is 1.39. The van der Waals surface area contributed by atoms with E-state index in [9.17, 15) is 14.4 Å². The van der Waals surface area contributed by atoms with Crippen LogP contribution in [0.1, 0.15) is 34.4 Å². The lowest BCUT2D eigenvalue weighted by Crippen LogP contribution is -2.51. The molecule has 3 atom stereocenters. The van der Waals surface area contributed by atoms with Crippen molar-refractivity contribution in [3.8, 4) is 0 Å². The first kappa shape index (κ1) is 18.4. The summed E-state index contributed by atoms with van der Waals surface area (Å²) in [5.74, 6) is 0.0883. The molecule has 0 saturated carbocycles. The van der Waals surface area contributed by atoms with E-state index in [2.05, 4.69) is 16.0 Å². The summed E-state index contributed by atoms with van der Waals surface area (Å²) >= 11 is 0. The van der Waals surface area contributed by atoms with Crippen molar-refractivity contribution in [1.82, 2.24) is 20.5 Å². The quantitative estimate of drug-likeness (QED) is 0.710. The van der Waals surface area contributed by atoms with Crippen LogP contribution >= 0.6 is 0 Å². The van der Waals surface area contributed by atoms with Crippen molar-refractivity contribution >= 4 is 11.8 Å². The molecule has 2 aliphatic heterocycles. The minimum Gasteiger partial charge on any atom is -0.352 e. The monoisotopic (exact) mass is 380 g/mol. The maximum absolute atomic E-state index is 12.5. The van der Waals surface area contributed by atoms with Gasteiger partial charge in [0.2, 0.25) is 5.91 Å². The number of hydrogen-bond acceptors (Lipinski definition) is 4. The number of pyridine rings is 1. The Hall–Kier alpha value is -2.93. The second-order valence-corrected chi connectivity index (χ2v) is 7.43. The van der Waals surface area contributed by atoms with E-state index in [4.69, 9.17) is 0 Å². The lowest BCUT2D eigenvalue weighted by molar-refractivity contribution is -0.120. The number of fused-ring (bicyclic) bond motifs is 4. The van der Waals surface area contributed by atoms with Crippen molar-refractivity contribution in [2.24, 2.45) is 5.92 Å². The van der Waals surface area contributed by atoms with Crippen molar-refractivity contribution in [3.05, 3.63) is 70.1 Å². The first-order chi connectivity index (χ1) is 13.6. The van der Waals surface area contributed by atoms with Crippen LogP contribution in [0, 0.1) is 5.92 Å². The molecule has 3 heterocycles. The number of benzene rings is 1. The summed E-state index contributed by atoms with van der Waals surface area (Å²) < 4.78 is 1.85. The van der Waals surface area contributed by atoms with Gasteiger partial charge in [0.1, 0.15) is 0 Å². The summed E-state index contributed by atoms with van der Waals surface area (Å²) in [7, 11) is 0. The minimum absolute atomic E-state index is 0.0225. The maximum atomic E-state index is 12.5. The van der Waals surface area contributed by atoms with Gasteiger partial charge < -0.3 is 20.5 Å². The zero-order valence-electron chi connectivity index (χ0n) is 15.6. The second kappa shape index (κ2) is 7.98. The molecule has 7 heteroatoms. The van der Waals surface area contributed by atoms with Crippen LogP contribution < -0.4 is 21.5 Å². The molecule has 1 aromatic heterocycles. The summed E-state index contributed by atoms with van der Waals surface area (Å²) in [5.41, 5.74) is 1.53. The average molecular weight is 380 g/mol. The molecular weight excluding hydrogens is 356 g/mol. The van der Waals surface area contributed by atoms with Crippen LogP contribution in [0.3, 0.4) is 0 Å². The molecule has 2 amide bonds. The van der Waals surface area contributed by atoms with Crippen molar-refractivity contribution in [1.29, 1.82) is 0 Å². The van der Waals surface area contributed by atoms with E-state index in [-0.39, 0.29) is 30.0 Å². The summed E-state index contributed by atoms with van der Waals surface area (Å²) in [6.07, 6.45) is 1.02. The summed E-state index contributed by atoms with van der Waals surface area (Å²) in [5, 5.41) is 8.96. The number of aromatic nitrogens is 1. The number of amides is 2. The van der Waals surface area contributed by atoms with E-state index in [0.717, 1.165) is 25.2 Å². The molecular formula is C21H24N4O3. The van der Waals surface area contributed by atoms with Gasteiger partial charge in [-0.15, -0.1) is 0 Å². The highest BCUT2D eigenvalue weighted by Gasteiger charge is 2.37. The summed E-state index contributed by atoms with van der Waals surface area (Å²) in [4.78, 5) is 36.8. The first-order valence-corrected chi connectivity index (χ1v) is 9.65. The third-order valence-corrected chi connectivity index (χ3v) is 5.65. The molecule has 0 unspecified atom stereocenters. The summed E-state index contributed by atoms with van der Waals surface area (Å²) in [6.45, 7) is 1.99. The van der Waals surface area contributed by atoms with Gasteiger partial charge in [-0.05, 0) is 30.5 Å². The van der Waals surface area contributed by atoms with Gasteiger partial charge in [-0.25, -0.2) is 0 Å². The number of nitrogens with zero attached hydrogens (tertiary/aromatic N) is 1. The number of hydrogen-bond donors (Lipinski definition) is 3. The van der Waals surface area contributed by atoms with Gasteiger partial charge in [0.05, 0.1) is 12.6 Å². The Morgan fingerprint density at radius 2 is 1.86 bits per heavy atom. The zero-order chi connectivity index (χ0) is 19.5. The van der Waals surface area contributed by atoms with Crippen LogP contribution in [0.2, 0.25) is 0 Å². The lowest BCUT2D eigenvalue weighted by atomic mass is 9.79. The van der Waals surface area contributed by atoms with Gasteiger partial charge >= 0.3 is 0 Å². The van der Waals surface area contributed by atoms with Gasteiger partial charge in [-0.2, -0.15) is 0 Å². The average Bonchev–Trinajstić information content (AvgIpc) is 2.73. The molecule has 2 aromatic rings. The highest BCUT2D eigenvalue weighted by atomic mass is 16.2. The molecule has 0 radical (unpaired) electrons. The van der Waals surface area contributed by atoms with Crippen LogP contribution in [0.5, 0.6) is 0 Å². The Bertz CT molecular complexity index is 925. The molecule has 2 aliphatic rings. The van der Waals surface area contributed by atoms with E-state index < -0.39 is 0 Å². The lowest BCUT2D eigenvalue weighted by Gasteiger charge is -2.43. The van der Waals surface area contributed by atoms with E-state index in [1.54, 1.807) is 36.4 Å². The van der Waals surface area contributed by atoms with Crippen LogP contribution in [-0.2, 0) is 4.79 Å². The highest BCUT2D eigenvalue weighted by molar-refractivity contribution is 5.96. The number of nitrogens with one attached hydrogen (secondary N) is 3. The van der Waals surface area contributed by atoms with Crippen molar-refractivity contribution in [2.45, 2.75) is 18.4 Å². The standard InChI is InChI=1S/C21H24N4O3/c26-19(13-24-21(28)14-5-2-1-3-6-14)23-12-18-16-9-15(10-22-11-16)17-7-4-8-20(27)25(17)18/h1-8,15-16,18,22H,9-13H2,(H,23,26)(H,24,28)/t15-,16+,18+/m1/s1. The van der Waals surface area contributed by atoms with Gasteiger partial charge in [0, 0.05) is 42.9 Å². The zero-order valence-corrected chi connectivity index (χ0v) is 15.6. The fourth-order valence-electron chi connectivity index (χ4n) is 4.30. The predicted octanol–water partition coefficient (Wildman–Crippen LogP) is 0.642. The van der Waals surface area contributed by atoms with E-state index >= 15 is 0 Å². The number of rotatable bonds is 5. The van der Waals surface area contributed by atoms with Gasteiger partial charge in [0.25, 0.3) is 11.5 Å². The first-order valence-electron chi connectivity index (χ1n) is 9.65. The van der Waals surface area contributed by atoms with E-state index in [1.165, 1.54) is 0 Å². The fraction of sp³-hybridized carbons (Fsp3) is 0.381. The predicted molar refractivity (Wildman–Crippen MR) is 105 cm³/mol. The number of carbonyl (C=O) groups excluding carboxylic acids is 2. The third-order valence-electron chi connectivity index (χ3n) is 5.65. The van der Waals surface area contributed by atoms with Gasteiger partial charge in [0.15, 0.2) is 0 Å². The molecule has 0 spiro atoms. The molecule has 4 rings (SSSR count). The SMILES string of the molecule is O=C(CNC(=O)c1ccccc1)NC[C@H]1[C@@H]2CNC[C@@H](C2)c2cccc(=O)n21. The van der Waals surface area contributed by atoms with E-state index in [0.29, 0.717) is 23.9 Å². The molecule has 1 aromatic carbocycles. The molecule has 146 valence electrons. The normalized spacial score (nSPS) is 22.8. The van der Waals surface area contributed by atoms with Crippen molar-refractivity contribution < 1.29 is 9.59 Å². The molecule has 7 nitrogen and oxygen atoms in total. The molecule has 2 bridgehead atoms. The molecule has 3 N–H and O–H groups in total. The third kappa shape index (κ3) is 3.71. The smallest absolute Gasteiger partial charge is 0.251 e. The van der Waals surface area contributed by atoms with Gasteiger partial charge in [-0.3, -0.25) is 14.4 Å². The van der Waals surface area contributed by atoms with Crippen LogP contribution in [0.4, 0.5) is 0 Å². The molecule has 1 saturated heterocycles. The Labute approximate surface area is 163 Å². The summed E-state index contributed by atoms with van der Waals surface area (Å²) in [6, 6.07) is 14.1. The second-order valence-electron chi connectivity index (χ2n) is 7.43. The van der Waals surface area contributed by atoms with Gasteiger partial charge in [-0.1, -0.05) is 24.3 Å². The topological polar surface area (TPSA) is 92.2 Å². The molecule has 28 heavy (non-hydrogen) atoms. The fourth-order valence-corrected chi connectivity index (χ4v) is 4.30. The number of carbonyl (C=O) groups is 2. The minimum atomic E-state index is -0.283. The maximum Gasteiger partial charge on any atom is 0.251 e. The Kier molecular flexibility index (Phi) is 5.25. The van der Waals surface area contributed by atoms with Crippen LogP contribution in [0.15, 0.2) is 53.3 Å².